The smallest absolute Gasteiger partial charge is 0.191 e. The zero-order chi connectivity index (χ0) is 17.5. The van der Waals surface area contributed by atoms with Gasteiger partial charge in [0, 0.05) is 51.2 Å². The third kappa shape index (κ3) is 6.75. The highest BCUT2D eigenvalue weighted by Gasteiger charge is 2.22. The number of likely N-dealkylation sites (N-methyl/N-ethyl adjacent to an activating group) is 2. The van der Waals surface area contributed by atoms with E-state index in [4.69, 9.17) is 0 Å². The molecule has 1 aliphatic rings. The van der Waals surface area contributed by atoms with E-state index in [0.29, 0.717) is 18.0 Å². The molecule has 5 nitrogen and oxygen atoms in total. The summed E-state index contributed by atoms with van der Waals surface area (Å²) in [5.74, 6) is 1.31. The first kappa shape index (κ1) is 22.2. The van der Waals surface area contributed by atoms with Crippen LogP contribution < -0.4 is 10.6 Å². The Morgan fingerprint density at radius 3 is 2.52 bits per heavy atom. The van der Waals surface area contributed by atoms with Gasteiger partial charge >= 0.3 is 0 Å². The lowest BCUT2D eigenvalue weighted by atomic mass is 9.94. The summed E-state index contributed by atoms with van der Waals surface area (Å²) in [5, 5.41) is 7.04. The molecule has 1 saturated heterocycles. The molecule has 1 fully saturated rings. The van der Waals surface area contributed by atoms with Gasteiger partial charge in [-0.1, -0.05) is 37.3 Å². The molecule has 0 saturated carbocycles. The largest absolute Gasteiger partial charge is 0.355 e. The van der Waals surface area contributed by atoms with Crippen LogP contribution in [0.15, 0.2) is 35.3 Å². The second kappa shape index (κ2) is 11.0. The maximum Gasteiger partial charge on any atom is 0.191 e. The number of aliphatic imine (C=N–C) groups is 1. The van der Waals surface area contributed by atoms with Gasteiger partial charge in [0.05, 0.1) is 0 Å². The summed E-state index contributed by atoms with van der Waals surface area (Å²) in [4.78, 5) is 9.21. The molecule has 3 atom stereocenters. The summed E-state index contributed by atoms with van der Waals surface area (Å²) < 4.78 is 0. The SMILES string of the molecule is CN=C(NCC1CN(C)CCN1C)NC(C)C(C)c1ccccc1.I. The third-order valence-electron chi connectivity index (χ3n) is 5.15. The van der Waals surface area contributed by atoms with Crippen LogP contribution >= 0.6 is 24.0 Å². The summed E-state index contributed by atoms with van der Waals surface area (Å²) >= 11 is 0. The summed E-state index contributed by atoms with van der Waals surface area (Å²) in [7, 11) is 6.23. The minimum atomic E-state index is 0. The number of hydrogen-bond donors (Lipinski definition) is 2. The highest BCUT2D eigenvalue weighted by Crippen LogP contribution is 2.18. The van der Waals surface area contributed by atoms with Gasteiger partial charge in [0.15, 0.2) is 5.96 Å². The second-order valence-electron chi connectivity index (χ2n) is 6.98. The summed E-state index contributed by atoms with van der Waals surface area (Å²) in [6.45, 7) is 8.74. The van der Waals surface area contributed by atoms with Crippen LogP contribution in [-0.4, -0.2) is 75.2 Å². The highest BCUT2D eigenvalue weighted by molar-refractivity contribution is 14.0. The molecule has 0 bridgehead atoms. The number of nitrogens with one attached hydrogen (secondary N) is 2. The molecule has 1 aliphatic heterocycles. The minimum Gasteiger partial charge on any atom is -0.355 e. The number of nitrogens with zero attached hydrogens (tertiary/aromatic N) is 3. The summed E-state index contributed by atoms with van der Waals surface area (Å²) in [5.41, 5.74) is 1.35. The van der Waals surface area contributed by atoms with E-state index >= 15 is 0 Å². The van der Waals surface area contributed by atoms with E-state index in [1.165, 1.54) is 5.56 Å². The molecular weight excluding hydrogens is 425 g/mol. The molecule has 0 aliphatic carbocycles. The van der Waals surface area contributed by atoms with Crippen molar-refractivity contribution >= 4 is 29.9 Å². The van der Waals surface area contributed by atoms with Crippen LogP contribution in [0.2, 0.25) is 0 Å². The summed E-state index contributed by atoms with van der Waals surface area (Å²) in [6.07, 6.45) is 0. The fourth-order valence-electron chi connectivity index (χ4n) is 3.12. The van der Waals surface area contributed by atoms with Gasteiger partial charge in [-0.15, -0.1) is 24.0 Å². The first-order chi connectivity index (χ1) is 11.5. The third-order valence-corrected chi connectivity index (χ3v) is 5.15. The Kier molecular flexibility index (Phi) is 9.74. The lowest BCUT2D eigenvalue weighted by molar-refractivity contribution is 0.116. The molecule has 142 valence electrons. The topological polar surface area (TPSA) is 42.9 Å². The molecule has 1 heterocycles. The van der Waals surface area contributed by atoms with E-state index in [0.717, 1.165) is 32.1 Å². The van der Waals surface area contributed by atoms with Gasteiger partial charge in [-0.05, 0) is 26.6 Å². The Bertz CT molecular complexity index is 522. The van der Waals surface area contributed by atoms with Crippen LogP contribution in [0.3, 0.4) is 0 Å². The lowest BCUT2D eigenvalue weighted by Crippen LogP contribution is -2.56. The number of guanidine groups is 1. The van der Waals surface area contributed by atoms with Gasteiger partial charge in [-0.3, -0.25) is 9.89 Å². The molecule has 1 aromatic carbocycles. The molecule has 0 amide bonds. The van der Waals surface area contributed by atoms with Crippen molar-refractivity contribution < 1.29 is 0 Å². The molecule has 3 unspecified atom stereocenters. The van der Waals surface area contributed by atoms with Crippen LogP contribution in [0.25, 0.3) is 0 Å². The van der Waals surface area contributed by atoms with Crippen LogP contribution in [0, 0.1) is 0 Å². The van der Waals surface area contributed by atoms with Crippen molar-refractivity contribution in [3.63, 3.8) is 0 Å². The molecule has 2 rings (SSSR count). The van der Waals surface area contributed by atoms with Gasteiger partial charge in [0.2, 0.25) is 0 Å². The quantitative estimate of drug-likeness (QED) is 0.403. The Hall–Kier alpha value is -0.860. The Morgan fingerprint density at radius 2 is 1.88 bits per heavy atom. The normalized spacial score (nSPS) is 22.0. The first-order valence-corrected chi connectivity index (χ1v) is 8.92. The van der Waals surface area contributed by atoms with E-state index in [-0.39, 0.29) is 24.0 Å². The van der Waals surface area contributed by atoms with E-state index in [9.17, 15) is 0 Å². The Balaban J connectivity index is 0.00000312. The number of halogens is 1. The minimum absolute atomic E-state index is 0. The van der Waals surface area contributed by atoms with Crippen molar-refractivity contribution in [3.8, 4) is 0 Å². The average Bonchev–Trinajstić information content (AvgIpc) is 2.61. The first-order valence-electron chi connectivity index (χ1n) is 8.92. The maximum absolute atomic E-state index is 4.39. The van der Waals surface area contributed by atoms with Crippen molar-refractivity contribution in [3.05, 3.63) is 35.9 Å². The van der Waals surface area contributed by atoms with Crippen LogP contribution in [0.1, 0.15) is 25.3 Å². The molecule has 25 heavy (non-hydrogen) atoms. The van der Waals surface area contributed by atoms with Crippen molar-refractivity contribution in [2.75, 3.05) is 47.3 Å². The van der Waals surface area contributed by atoms with Crippen molar-refractivity contribution in [1.29, 1.82) is 0 Å². The number of benzene rings is 1. The van der Waals surface area contributed by atoms with E-state index < -0.39 is 0 Å². The molecule has 6 heteroatoms. The fraction of sp³-hybridized carbons (Fsp3) is 0.632. The molecule has 0 aromatic heterocycles. The molecule has 0 spiro atoms. The van der Waals surface area contributed by atoms with Gasteiger partial charge in [0.1, 0.15) is 0 Å². The standard InChI is InChI=1S/C19H33N5.HI/c1-15(17-9-7-6-8-10-17)16(2)22-19(20-3)21-13-18-14-23(4)11-12-24(18)5;/h6-10,15-16,18H,11-14H2,1-5H3,(H2,20,21,22);1H. The Labute approximate surface area is 170 Å². The van der Waals surface area contributed by atoms with Gasteiger partial charge < -0.3 is 15.5 Å². The highest BCUT2D eigenvalue weighted by atomic mass is 127. The predicted octanol–water partition coefficient (Wildman–Crippen LogP) is 2.21. The van der Waals surface area contributed by atoms with Crippen LogP contribution in [-0.2, 0) is 0 Å². The zero-order valence-corrected chi connectivity index (χ0v) is 18.5. The molecular formula is C19H34IN5. The molecule has 2 N–H and O–H groups in total. The van der Waals surface area contributed by atoms with Gasteiger partial charge in [-0.25, -0.2) is 0 Å². The van der Waals surface area contributed by atoms with E-state index in [1.807, 2.05) is 7.05 Å². The maximum atomic E-state index is 4.39. The molecule has 0 radical (unpaired) electrons. The predicted molar refractivity (Wildman–Crippen MR) is 118 cm³/mol. The van der Waals surface area contributed by atoms with Crippen LogP contribution in [0.5, 0.6) is 0 Å². The lowest BCUT2D eigenvalue weighted by Gasteiger charge is -2.38. The fourth-order valence-corrected chi connectivity index (χ4v) is 3.12. The number of rotatable bonds is 5. The second-order valence-corrected chi connectivity index (χ2v) is 6.98. The monoisotopic (exact) mass is 459 g/mol. The van der Waals surface area contributed by atoms with Gasteiger partial charge in [0.25, 0.3) is 0 Å². The Morgan fingerprint density at radius 1 is 1.20 bits per heavy atom. The zero-order valence-electron chi connectivity index (χ0n) is 16.2. The van der Waals surface area contributed by atoms with Crippen molar-refractivity contribution in [1.82, 2.24) is 20.4 Å². The molecule has 1 aromatic rings. The van der Waals surface area contributed by atoms with Crippen LogP contribution in [0.4, 0.5) is 0 Å². The number of hydrogen-bond acceptors (Lipinski definition) is 3. The number of piperazine rings is 1. The summed E-state index contributed by atoms with van der Waals surface area (Å²) in [6, 6.07) is 11.5. The average molecular weight is 459 g/mol. The van der Waals surface area contributed by atoms with E-state index in [1.54, 1.807) is 0 Å². The van der Waals surface area contributed by atoms with Gasteiger partial charge in [-0.2, -0.15) is 0 Å². The van der Waals surface area contributed by atoms with Crippen molar-refractivity contribution in [2.45, 2.75) is 31.8 Å². The van der Waals surface area contributed by atoms with E-state index in [2.05, 4.69) is 83.7 Å². The van der Waals surface area contributed by atoms with Crippen molar-refractivity contribution in [2.24, 2.45) is 4.99 Å².